The predicted molar refractivity (Wildman–Crippen MR) is 50.9 cm³/mol. The molecule has 1 aromatic heterocycles. The van der Waals surface area contributed by atoms with Crippen LogP contribution in [0.3, 0.4) is 0 Å². The van der Waals surface area contributed by atoms with E-state index < -0.39 is 0 Å². The van der Waals surface area contributed by atoms with E-state index in [9.17, 15) is 4.79 Å². The van der Waals surface area contributed by atoms with Crippen LogP contribution in [0.2, 0.25) is 0 Å². The Morgan fingerprint density at radius 3 is 3.15 bits per heavy atom. The number of nitrogens with zero attached hydrogens (tertiary/aromatic N) is 1. The van der Waals surface area contributed by atoms with E-state index in [0.29, 0.717) is 0 Å². The van der Waals surface area contributed by atoms with Crippen molar-refractivity contribution in [1.29, 1.82) is 0 Å². The van der Waals surface area contributed by atoms with Gasteiger partial charge in [0.15, 0.2) is 5.78 Å². The van der Waals surface area contributed by atoms with Crippen molar-refractivity contribution in [2.24, 2.45) is 5.73 Å². The maximum Gasteiger partial charge on any atom is 0.192 e. The first-order chi connectivity index (χ1) is 6.24. The van der Waals surface area contributed by atoms with Crippen molar-refractivity contribution in [2.45, 2.75) is 26.3 Å². The number of aromatic nitrogens is 1. The van der Waals surface area contributed by atoms with Gasteiger partial charge in [-0.3, -0.25) is 4.79 Å². The molecule has 3 heteroatoms. The van der Waals surface area contributed by atoms with Gasteiger partial charge in [0.1, 0.15) is 0 Å². The molecule has 0 aromatic carbocycles. The molecule has 0 unspecified atom stereocenters. The molecule has 0 aliphatic carbocycles. The Kier molecular flexibility index (Phi) is 1.96. The second-order valence-electron chi connectivity index (χ2n) is 3.55. The summed E-state index contributed by atoms with van der Waals surface area (Å²) in [5.74, 6) is 0.0608. The minimum Gasteiger partial charge on any atom is -0.342 e. The van der Waals surface area contributed by atoms with Crippen molar-refractivity contribution >= 4 is 5.78 Å². The third kappa shape index (κ3) is 1.20. The normalized spacial score (nSPS) is 14.6. The third-order valence-electron chi connectivity index (χ3n) is 2.64. The predicted octanol–water partition coefficient (Wildman–Crippen LogP) is 0.884. The first kappa shape index (κ1) is 8.51. The van der Waals surface area contributed by atoms with E-state index in [-0.39, 0.29) is 12.3 Å². The van der Waals surface area contributed by atoms with E-state index in [1.807, 2.05) is 6.92 Å². The zero-order valence-corrected chi connectivity index (χ0v) is 7.84. The van der Waals surface area contributed by atoms with Crippen LogP contribution in [0.5, 0.6) is 0 Å². The highest BCUT2D eigenvalue weighted by molar-refractivity contribution is 5.97. The molecule has 2 heterocycles. The van der Waals surface area contributed by atoms with Crippen LogP contribution in [0.1, 0.15) is 28.2 Å². The summed E-state index contributed by atoms with van der Waals surface area (Å²) in [6.07, 6.45) is 2.25. The number of hydrogen-bond donors (Lipinski definition) is 1. The number of nitrogens with two attached hydrogens (primary N) is 1. The standard InChI is InChI=1S/C10H14N2O/c1-7-5-8-3-2-4-12(8)10(7)9(13)6-11/h5H,2-4,6,11H2,1H3. The summed E-state index contributed by atoms with van der Waals surface area (Å²) in [6.45, 7) is 3.07. The van der Waals surface area contributed by atoms with Crippen LogP contribution < -0.4 is 5.73 Å². The molecule has 0 bridgehead atoms. The van der Waals surface area contributed by atoms with E-state index in [0.717, 1.165) is 30.6 Å². The van der Waals surface area contributed by atoms with E-state index >= 15 is 0 Å². The van der Waals surface area contributed by atoms with Crippen molar-refractivity contribution in [1.82, 2.24) is 4.57 Å². The molecule has 0 atom stereocenters. The number of rotatable bonds is 2. The molecule has 0 radical (unpaired) electrons. The molecule has 13 heavy (non-hydrogen) atoms. The van der Waals surface area contributed by atoms with Gasteiger partial charge in [-0.05, 0) is 31.4 Å². The maximum absolute atomic E-state index is 11.5. The van der Waals surface area contributed by atoms with Crippen molar-refractivity contribution in [3.63, 3.8) is 0 Å². The Balaban J connectivity index is 2.50. The molecule has 0 amide bonds. The lowest BCUT2D eigenvalue weighted by atomic mass is 10.2. The number of aryl methyl sites for hydroxylation is 2. The van der Waals surface area contributed by atoms with E-state index in [2.05, 4.69) is 10.6 Å². The van der Waals surface area contributed by atoms with E-state index in [1.54, 1.807) is 0 Å². The second kappa shape index (κ2) is 3.00. The van der Waals surface area contributed by atoms with Crippen LogP contribution in [0.15, 0.2) is 6.07 Å². The fraction of sp³-hybridized carbons (Fsp3) is 0.500. The number of hydrogen-bond acceptors (Lipinski definition) is 2. The van der Waals surface area contributed by atoms with Crippen LogP contribution in [0.4, 0.5) is 0 Å². The highest BCUT2D eigenvalue weighted by atomic mass is 16.1. The van der Waals surface area contributed by atoms with Crippen LogP contribution in [0, 0.1) is 6.92 Å². The smallest absolute Gasteiger partial charge is 0.192 e. The topological polar surface area (TPSA) is 48.0 Å². The van der Waals surface area contributed by atoms with Gasteiger partial charge in [0, 0.05) is 12.2 Å². The van der Waals surface area contributed by atoms with Crippen LogP contribution in [-0.2, 0) is 13.0 Å². The fourth-order valence-electron chi connectivity index (χ4n) is 2.10. The molecule has 2 rings (SSSR count). The highest BCUT2D eigenvalue weighted by Gasteiger charge is 2.20. The summed E-state index contributed by atoms with van der Waals surface area (Å²) < 4.78 is 2.12. The van der Waals surface area contributed by atoms with Crippen molar-refractivity contribution in [3.05, 3.63) is 23.0 Å². The summed E-state index contributed by atoms with van der Waals surface area (Å²) in [6, 6.07) is 2.11. The lowest BCUT2D eigenvalue weighted by Crippen LogP contribution is -2.18. The minimum atomic E-state index is 0.0608. The van der Waals surface area contributed by atoms with Crippen molar-refractivity contribution in [2.75, 3.05) is 6.54 Å². The van der Waals surface area contributed by atoms with Gasteiger partial charge in [-0.1, -0.05) is 0 Å². The number of ketones is 1. The fourth-order valence-corrected chi connectivity index (χ4v) is 2.10. The van der Waals surface area contributed by atoms with Crippen molar-refractivity contribution in [3.8, 4) is 0 Å². The highest BCUT2D eigenvalue weighted by Crippen LogP contribution is 2.22. The number of Topliss-reactive ketones (excluding diaryl/α,β-unsaturated/α-hetero) is 1. The molecule has 0 saturated carbocycles. The summed E-state index contributed by atoms with van der Waals surface area (Å²) in [5.41, 5.74) is 8.55. The molecular formula is C10H14N2O. The van der Waals surface area contributed by atoms with Gasteiger partial charge in [-0.15, -0.1) is 0 Å². The first-order valence-electron chi connectivity index (χ1n) is 4.66. The van der Waals surface area contributed by atoms with Gasteiger partial charge in [0.05, 0.1) is 12.2 Å². The molecule has 2 N–H and O–H groups in total. The Morgan fingerprint density at radius 1 is 1.69 bits per heavy atom. The lowest BCUT2D eigenvalue weighted by molar-refractivity contribution is 0.0992. The summed E-state index contributed by atoms with van der Waals surface area (Å²) in [5, 5.41) is 0. The average molecular weight is 178 g/mol. The van der Waals surface area contributed by atoms with Crippen LogP contribution in [0.25, 0.3) is 0 Å². The van der Waals surface area contributed by atoms with Crippen molar-refractivity contribution < 1.29 is 4.79 Å². The van der Waals surface area contributed by atoms with Gasteiger partial charge in [-0.25, -0.2) is 0 Å². The number of carbonyl (C=O) groups is 1. The molecule has 1 aromatic rings. The maximum atomic E-state index is 11.5. The van der Waals surface area contributed by atoms with Gasteiger partial charge in [-0.2, -0.15) is 0 Å². The first-order valence-corrected chi connectivity index (χ1v) is 4.66. The van der Waals surface area contributed by atoms with Gasteiger partial charge >= 0.3 is 0 Å². The van der Waals surface area contributed by atoms with Crippen LogP contribution in [-0.4, -0.2) is 16.9 Å². The quantitative estimate of drug-likeness (QED) is 0.683. The molecule has 3 nitrogen and oxygen atoms in total. The average Bonchev–Trinajstić information content (AvgIpc) is 2.62. The summed E-state index contributed by atoms with van der Waals surface area (Å²) in [4.78, 5) is 11.5. The van der Waals surface area contributed by atoms with E-state index in [1.165, 1.54) is 5.69 Å². The molecular weight excluding hydrogens is 164 g/mol. The summed E-state index contributed by atoms with van der Waals surface area (Å²) >= 11 is 0. The molecule has 70 valence electrons. The number of carbonyl (C=O) groups excluding carboxylic acids is 1. The van der Waals surface area contributed by atoms with Gasteiger partial charge in [0.25, 0.3) is 0 Å². The Hall–Kier alpha value is -1.09. The Morgan fingerprint density at radius 2 is 2.46 bits per heavy atom. The largest absolute Gasteiger partial charge is 0.342 e. The second-order valence-corrected chi connectivity index (χ2v) is 3.55. The Bertz CT molecular complexity index is 352. The third-order valence-corrected chi connectivity index (χ3v) is 2.64. The van der Waals surface area contributed by atoms with Gasteiger partial charge in [0.2, 0.25) is 0 Å². The van der Waals surface area contributed by atoms with Gasteiger partial charge < -0.3 is 10.3 Å². The molecule has 0 fully saturated rings. The zero-order valence-electron chi connectivity index (χ0n) is 7.84. The summed E-state index contributed by atoms with van der Waals surface area (Å²) in [7, 11) is 0. The SMILES string of the molecule is Cc1cc2n(c1C(=O)CN)CCC2. The Labute approximate surface area is 77.5 Å². The number of fused-ring (bicyclic) bond motifs is 1. The zero-order chi connectivity index (χ0) is 9.42. The lowest BCUT2D eigenvalue weighted by Gasteiger charge is -2.04. The molecule has 1 aliphatic rings. The molecule has 1 aliphatic heterocycles. The molecule has 0 saturated heterocycles. The van der Waals surface area contributed by atoms with Crippen LogP contribution >= 0.6 is 0 Å². The van der Waals surface area contributed by atoms with E-state index in [4.69, 9.17) is 5.73 Å². The minimum absolute atomic E-state index is 0.0608. The monoisotopic (exact) mass is 178 g/mol. The molecule has 0 spiro atoms.